The van der Waals surface area contributed by atoms with Crippen molar-refractivity contribution in [3.63, 3.8) is 0 Å². The van der Waals surface area contributed by atoms with Crippen molar-refractivity contribution < 1.29 is 0 Å². The van der Waals surface area contributed by atoms with Crippen LogP contribution in [0.25, 0.3) is 0 Å². The molecule has 2 fully saturated rings. The molecule has 0 N–H and O–H groups in total. The minimum absolute atomic E-state index is 0.713. The zero-order valence-electron chi connectivity index (χ0n) is 19.4. The standard InChI is InChI=1S/C27H46N2/c1-3-5-7-9-23-14-17-25(18-15-23)26-20-28-27(29-21-26)19-16-24-12-10-22(11-13-24)8-6-4-2/h20-25H,3-19H2,1-2H3. The summed E-state index contributed by atoms with van der Waals surface area (Å²) in [4.78, 5) is 9.52. The minimum Gasteiger partial charge on any atom is -0.241 e. The summed E-state index contributed by atoms with van der Waals surface area (Å²) >= 11 is 0. The summed E-state index contributed by atoms with van der Waals surface area (Å²) in [6.07, 6.45) is 27.9. The van der Waals surface area contributed by atoms with Crippen molar-refractivity contribution in [3.8, 4) is 0 Å². The van der Waals surface area contributed by atoms with Crippen molar-refractivity contribution in [2.45, 2.75) is 129 Å². The molecule has 2 heteroatoms. The van der Waals surface area contributed by atoms with Crippen molar-refractivity contribution in [2.75, 3.05) is 0 Å². The molecule has 0 amide bonds. The molecule has 2 nitrogen and oxygen atoms in total. The third-order valence-electron chi connectivity index (χ3n) is 7.97. The van der Waals surface area contributed by atoms with Gasteiger partial charge >= 0.3 is 0 Å². The summed E-state index contributed by atoms with van der Waals surface area (Å²) in [5, 5.41) is 0. The SMILES string of the molecule is CCCCCC1CCC(c2cnc(CCC3CCC(CCCC)CC3)nc2)CC1. The molecule has 0 radical (unpaired) electrons. The van der Waals surface area contributed by atoms with E-state index in [1.807, 2.05) is 0 Å². The van der Waals surface area contributed by atoms with Crippen LogP contribution < -0.4 is 0 Å². The van der Waals surface area contributed by atoms with E-state index in [0.717, 1.165) is 30.0 Å². The molecular formula is C27H46N2. The van der Waals surface area contributed by atoms with Gasteiger partial charge < -0.3 is 0 Å². The van der Waals surface area contributed by atoms with Gasteiger partial charge in [0.25, 0.3) is 0 Å². The smallest absolute Gasteiger partial charge is 0.128 e. The van der Waals surface area contributed by atoms with E-state index in [4.69, 9.17) is 9.97 Å². The molecule has 0 unspecified atom stereocenters. The van der Waals surface area contributed by atoms with Gasteiger partial charge in [-0.1, -0.05) is 84.5 Å². The van der Waals surface area contributed by atoms with Crippen LogP contribution in [0, 0.1) is 17.8 Å². The maximum Gasteiger partial charge on any atom is 0.128 e. The quantitative estimate of drug-likeness (QED) is 0.350. The van der Waals surface area contributed by atoms with Crippen molar-refractivity contribution in [2.24, 2.45) is 17.8 Å². The molecule has 2 aliphatic carbocycles. The molecular weight excluding hydrogens is 352 g/mol. The predicted molar refractivity (Wildman–Crippen MR) is 124 cm³/mol. The fraction of sp³-hybridized carbons (Fsp3) is 0.852. The summed E-state index contributed by atoms with van der Waals surface area (Å²) in [7, 11) is 0. The van der Waals surface area contributed by atoms with Gasteiger partial charge in [0.1, 0.15) is 5.82 Å². The first-order valence-corrected chi connectivity index (χ1v) is 13.1. The van der Waals surface area contributed by atoms with E-state index in [2.05, 4.69) is 26.2 Å². The van der Waals surface area contributed by atoms with Gasteiger partial charge in [-0.15, -0.1) is 0 Å². The maximum atomic E-state index is 4.76. The minimum atomic E-state index is 0.713. The second kappa shape index (κ2) is 12.7. The van der Waals surface area contributed by atoms with E-state index in [0.29, 0.717) is 5.92 Å². The first kappa shape index (κ1) is 22.8. The van der Waals surface area contributed by atoms with Gasteiger partial charge in [-0.2, -0.15) is 0 Å². The number of aryl methyl sites for hydroxylation is 1. The summed E-state index contributed by atoms with van der Waals surface area (Å²) in [5.41, 5.74) is 1.40. The van der Waals surface area contributed by atoms with E-state index in [1.165, 1.54) is 108 Å². The largest absolute Gasteiger partial charge is 0.241 e. The Morgan fingerprint density at radius 1 is 0.655 bits per heavy atom. The van der Waals surface area contributed by atoms with Crippen LogP contribution in [0.2, 0.25) is 0 Å². The number of aromatic nitrogens is 2. The Hall–Kier alpha value is -0.920. The zero-order chi connectivity index (χ0) is 20.3. The molecule has 2 saturated carbocycles. The molecule has 2 aliphatic rings. The van der Waals surface area contributed by atoms with Crippen LogP contribution in [-0.4, -0.2) is 9.97 Å². The van der Waals surface area contributed by atoms with Crippen LogP contribution in [0.15, 0.2) is 12.4 Å². The van der Waals surface area contributed by atoms with Gasteiger partial charge in [0.15, 0.2) is 0 Å². The van der Waals surface area contributed by atoms with Crippen LogP contribution in [0.3, 0.4) is 0 Å². The lowest BCUT2D eigenvalue weighted by Gasteiger charge is -2.29. The lowest BCUT2D eigenvalue weighted by atomic mass is 9.77. The Bertz CT molecular complexity index is 536. The van der Waals surface area contributed by atoms with E-state index >= 15 is 0 Å². The van der Waals surface area contributed by atoms with Gasteiger partial charge in [0.2, 0.25) is 0 Å². The van der Waals surface area contributed by atoms with Crippen molar-refractivity contribution in [3.05, 3.63) is 23.8 Å². The molecule has 0 aliphatic heterocycles. The van der Waals surface area contributed by atoms with Crippen molar-refractivity contribution >= 4 is 0 Å². The average molecular weight is 399 g/mol. The Morgan fingerprint density at radius 3 is 1.76 bits per heavy atom. The first-order valence-electron chi connectivity index (χ1n) is 13.1. The molecule has 0 spiro atoms. The second-order valence-electron chi connectivity index (χ2n) is 10.2. The topological polar surface area (TPSA) is 25.8 Å². The molecule has 1 aromatic heterocycles. The maximum absolute atomic E-state index is 4.76. The fourth-order valence-electron chi connectivity index (χ4n) is 5.81. The molecule has 3 rings (SSSR count). The number of rotatable bonds is 11. The first-order chi connectivity index (χ1) is 14.3. The third-order valence-corrected chi connectivity index (χ3v) is 7.97. The lowest BCUT2D eigenvalue weighted by molar-refractivity contribution is 0.249. The molecule has 1 heterocycles. The Balaban J connectivity index is 1.34. The normalized spacial score (nSPS) is 27.8. The summed E-state index contributed by atoms with van der Waals surface area (Å²) in [6, 6.07) is 0. The van der Waals surface area contributed by atoms with Crippen molar-refractivity contribution in [1.82, 2.24) is 9.97 Å². The fourth-order valence-corrected chi connectivity index (χ4v) is 5.81. The Morgan fingerprint density at radius 2 is 1.17 bits per heavy atom. The van der Waals surface area contributed by atoms with Crippen LogP contribution in [0.1, 0.15) is 134 Å². The van der Waals surface area contributed by atoms with Crippen LogP contribution in [-0.2, 0) is 6.42 Å². The van der Waals surface area contributed by atoms with Crippen LogP contribution in [0.5, 0.6) is 0 Å². The van der Waals surface area contributed by atoms with Crippen molar-refractivity contribution in [1.29, 1.82) is 0 Å². The molecule has 0 aromatic carbocycles. The molecule has 0 atom stereocenters. The van der Waals surface area contributed by atoms with Crippen LogP contribution >= 0.6 is 0 Å². The predicted octanol–water partition coefficient (Wildman–Crippen LogP) is 8.26. The molecule has 0 bridgehead atoms. The highest BCUT2D eigenvalue weighted by Crippen LogP contribution is 2.37. The van der Waals surface area contributed by atoms with Gasteiger partial charge in [-0.25, -0.2) is 9.97 Å². The van der Waals surface area contributed by atoms with E-state index < -0.39 is 0 Å². The van der Waals surface area contributed by atoms with E-state index in [-0.39, 0.29) is 0 Å². The van der Waals surface area contributed by atoms with Gasteiger partial charge in [-0.05, 0) is 61.3 Å². The highest BCUT2D eigenvalue weighted by Gasteiger charge is 2.23. The van der Waals surface area contributed by atoms with Gasteiger partial charge in [0.05, 0.1) is 0 Å². The molecule has 0 saturated heterocycles. The molecule has 164 valence electrons. The molecule has 1 aromatic rings. The third kappa shape index (κ3) is 7.68. The van der Waals surface area contributed by atoms with Crippen LogP contribution in [0.4, 0.5) is 0 Å². The number of nitrogens with zero attached hydrogens (tertiary/aromatic N) is 2. The number of hydrogen-bond donors (Lipinski definition) is 0. The number of unbranched alkanes of at least 4 members (excludes halogenated alkanes) is 3. The Labute approximate surface area is 180 Å². The monoisotopic (exact) mass is 398 g/mol. The second-order valence-corrected chi connectivity index (χ2v) is 10.2. The average Bonchev–Trinajstić information content (AvgIpc) is 2.78. The number of hydrogen-bond acceptors (Lipinski definition) is 2. The van der Waals surface area contributed by atoms with Gasteiger partial charge in [-0.3, -0.25) is 0 Å². The summed E-state index contributed by atoms with van der Waals surface area (Å²) < 4.78 is 0. The van der Waals surface area contributed by atoms with E-state index in [9.17, 15) is 0 Å². The highest BCUT2D eigenvalue weighted by molar-refractivity contribution is 5.13. The van der Waals surface area contributed by atoms with Gasteiger partial charge in [0, 0.05) is 18.8 Å². The molecule has 29 heavy (non-hydrogen) atoms. The zero-order valence-corrected chi connectivity index (χ0v) is 19.4. The Kier molecular flexibility index (Phi) is 9.97. The summed E-state index contributed by atoms with van der Waals surface area (Å²) in [5.74, 6) is 4.71. The highest BCUT2D eigenvalue weighted by atomic mass is 14.9. The lowest BCUT2D eigenvalue weighted by Crippen LogP contribution is -2.16. The summed E-state index contributed by atoms with van der Waals surface area (Å²) in [6.45, 7) is 4.62. The van der Waals surface area contributed by atoms with E-state index in [1.54, 1.807) is 0 Å².